The van der Waals surface area contributed by atoms with Crippen molar-refractivity contribution in [2.75, 3.05) is 22.2 Å². The van der Waals surface area contributed by atoms with Crippen LogP contribution in [0.25, 0.3) is 11.1 Å². The van der Waals surface area contributed by atoms with Gasteiger partial charge in [-0.1, -0.05) is 74.4 Å². The van der Waals surface area contributed by atoms with Crippen molar-refractivity contribution in [3.05, 3.63) is 102 Å². The SMILES string of the molecule is Cc1ccccc1CN1C(=O)N(C)c2cnc(Nc3ccc(C4CCC(C)CC4)cc3)cc2-c2ccccc21. The van der Waals surface area contributed by atoms with Crippen molar-refractivity contribution in [2.24, 2.45) is 5.92 Å². The third-order valence-corrected chi connectivity index (χ3v) is 8.51. The Labute approximate surface area is 231 Å². The fraction of sp³-hybridized carbons (Fsp3) is 0.294. The molecule has 1 fully saturated rings. The molecule has 0 spiro atoms. The number of fused-ring (bicyclic) bond motifs is 3. The number of anilines is 4. The third-order valence-electron chi connectivity index (χ3n) is 8.51. The molecule has 0 bridgehead atoms. The zero-order valence-electron chi connectivity index (χ0n) is 23.0. The van der Waals surface area contributed by atoms with Gasteiger partial charge in [-0.3, -0.25) is 9.80 Å². The van der Waals surface area contributed by atoms with Gasteiger partial charge in [0.25, 0.3) is 0 Å². The summed E-state index contributed by atoms with van der Waals surface area (Å²) < 4.78 is 0. The van der Waals surface area contributed by atoms with Gasteiger partial charge in [-0.25, -0.2) is 9.78 Å². The van der Waals surface area contributed by atoms with E-state index in [2.05, 4.69) is 67.7 Å². The van der Waals surface area contributed by atoms with Crippen LogP contribution in [0.3, 0.4) is 0 Å². The zero-order valence-corrected chi connectivity index (χ0v) is 23.0. The number of aromatic nitrogens is 1. The minimum atomic E-state index is -0.0698. The fourth-order valence-electron chi connectivity index (χ4n) is 6.01. The Balaban J connectivity index is 1.30. The first-order valence-electron chi connectivity index (χ1n) is 14.0. The molecule has 1 aliphatic heterocycles. The van der Waals surface area contributed by atoms with Crippen LogP contribution in [0.2, 0.25) is 0 Å². The normalized spacial score (nSPS) is 18.8. The van der Waals surface area contributed by atoms with Crippen LogP contribution < -0.4 is 15.1 Å². The highest BCUT2D eigenvalue weighted by Crippen LogP contribution is 2.42. The number of carbonyl (C=O) groups excluding carboxylic acids is 1. The van der Waals surface area contributed by atoms with Crippen molar-refractivity contribution < 1.29 is 4.79 Å². The predicted molar refractivity (Wildman–Crippen MR) is 161 cm³/mol. The molecule has 5 heteroatoms. The summed E-state index contributed by atoms with van der Waals surface area (Å²) in [6.45, 7) is 4.96. The maximum atomic E-state index is 13.8. The van der Waals surface area contributed by atoms with Crippen molar-refractivity contribution in [1.29, 1.82) is 0 Å². The van der Waals surface area contributed by atoms with Crippen molar-refractivity contribution in [2.45, 2.75) is 52.0 Å². The molecule has 0 radical (unpaired) electrons. The van der Waals surface area contributed by atoms with Crippen LogP contribution in [-0.2, 0) is 6.54 Å². The Morgan fingerprint density at radius 3 is 2.36 bits per heavy atom. The second-order valence-electron chi connectivity index (χ2n) is 11.2. The van der Waals surface area contributed by atoms with Gasteiger partial charge in [0.05, 0.1) is 24.1 Å². The number of carbonyl (C=O) groups is 1. The van der Waals surface area contributed by atoms with Gasteiger partial charge in [-0.15, -0.1) is 0 Å². The van der Waals surface area contributed by atoms with Crippen molar-refractivity contribution in [1.82, 2.24) is 4.98 Å². The summed E-state index contributed by atoms with van der Waals surface area (Å²) >= 11 is 0. The molecule has 2 amide bonds. The number of hydrogen-bond donors (Lipinski definition) is 1. The smallest absolute Gasteiger partial charge is 0.329 e. The van der Waals surface area contributed by atoms with Gasteiger partial charge in [0, 0.05) is 23.9 Å². The molecular weight excluding hydrogens is 480 g/mol. The lowest BCUT2D eigenvalue weighted by molar-refractivity contribution is 0.252. The first-order valence-corrected chi connectivity index (χ1v) is 14.0. The van der Waals surface area contributed by atoms with E-state index in [4.69, 9.17) is 4.98 Å². The first kappa shape index (κ1) is 25.2. The predicted octanol–water partition coefficient (Wildman–Crippen LogP) is 8.67. The summed E-state index contributed by atoms with van der Waals surface area (Å²) in [5.74, 6) is 2.29. The molecule has 1 saturated carbocycles. The van der Waals surface area contributed by atoms with Crippen LogP contribution in [0, 0.1) is 12.8 Å². The number of pyridine rings is 1. The van der Waals surface area contributed by atoms with E-state index < -0.39 is 0 Å². The zero-order chi connectivity index (χ0) is 26.9. The van der Waals surface area contributed by atoms with Gasteiger partial charge in [0.1, 0.15) is 5.82 Å². The Hall–Kier alpha value is -4.12. The Bertz CT molecular complexity index is 1490. The minimum absolute atomic E-state index is 0.0698. The van der Waals surface area contributed by atoms with Crippen molar-refractivity contribution in [3.63, 3.8) is 0 Å². The van der Waals surface area contributed by atoms with Gasteiger partial charge in [0.2, 0.25) is 0 Å². The highest BCUT2D eigenvalue weighted by Gasteiger charge is 2.30. The standard InChI is InChI=1S/C34H36N4O/c1-23-12-14-25(15-13-23)26-16-18-28(19-17-26)36-33-20-30-29-10-6-7-11-31(29)38(22-27-9-5-4-8-24(27)2)34(39)37(3)32(30)21-35-33/h4-11,16-21,23,25H,12-15,22H2,1-3H3,(H,35,36). The van der Waals surface area contributed by atoms with Crippen LogP contribution in [-0.4, -0.2) is 18.1 Å². The number of aryl methyl sites for hydroxylation is 1. The number of hydrogen-bond acceptors (Lipinski definition) is 3. The van der Waals surface area contributed by atoms with E-state index in [0.717, 1.165) is 45.5 Å². The number of nitrogens with zero attached hydrogens (tertiary/aromatic N) is 3. The first-order chi connectivity index (χ1) is 19.0. The lowest BCUT2D eigenvalue weighted by Gasteiger charge is -2.27. The molecule has 0 saturated heterocycles. The number of amides is 2. The topological polar surface area (TPSA) is 48.5 Å². The number of urea groups is 1. The minimum Gasteiger partial charge on any atom is -0.340 e. The summed E-state index contributed by atoms with van der Waals surface area (Å²) in [6.07, 6.45) is 7.02. The molecule has 0 atom stereocenters. The molecule has 2 aliphatic rings. The van der Waals surface area contributed by atoms with E-state index in [9.17, 15) is 4.79 Å². The molecule has 2 heterocycles. The maximum Gasteiger partial charge on any atom is 0.329 e. The highest BCUT2D eigenvalue weighted by molar-refractivity contribution is 6.11. The second kappa shape index (κ2) is 10.6. The van der Waals surface area contributed by atoms with Crippen molar-refractivity contribution in [3.8, 4) is 11.1 Å². The van der Waals surface area contributed by atoms with Crippen LogP contribution in [0.4, 0.5) is 27.7 Å². The number of nitrogens with one attached hydrogen (secondary N) is 1. The van der Waals surface area contributed by atoms with Gasteiger partial charge >= 0.3 is 6.03 Å². The Morgan fingerprint density at radius 2 is 1.59 bits per heavy atom. The third kappa shape index (κ3) is 5.01. The maximum absolute atomic E-state index is 13.8. The highest BCUT2D eigenvalue weighted by atomic mass is 16.2. The van der Waals surface area contributed by atoms with E-state index in [1.54, 1.807) is 11.1 Å². The molecule has 1 N–H and O–H groups in total. The van der Waals surface area contributed by atoms with E-state index in [-0.39, 0.29) is 6.03 Å². The summed E-state index contributed by atoms with van der Waals surface area (Å²) in [4.78, 5) is 22.0. The van der Waals surface area contributed by atoms with Crippen LogP contribution in [0.15, 0.2) is 85.1 Å². The van der Waals surface area contributed by atoms with Gasteiger partial charge in [-0.05, 0) is 72.6 Å². The summed E-state index contributed by atoms with van der Waals surface area (Å²) in [7, 11) is 1.83. The lowest BCUT2D eigenvalue weighted by atomic mass is 9.79. The fourth-order valence-corrected chi connectivity index (χ4v) is 6.01. The number of para-hydroxylation sites is 1. The van der Waals surface area contributed by atoms with E-state index in [0.29, 0.717) is 12.5 Å². The monoisotopic (exact) mass is 516 g/mol. The molecule has 1 aliphatic carbocycles. The van der Waals surface area contributed by atoms with E-state index in [1.165, 1.54) is 36.8 Å². The second-order valence-corrected chi connectivity index (χ2v) is 11.2. The molecular formula is C34H36N4O. The molecule has 1 aromatic heterocycles. The molecule has 6 rings (SSSR count). The quantitative estimate of drug-likeness (QED) is 0.289. The largest absolute Gasteiger partial charge is 0.340 e. The number of benzene rings is 3. The molecule has 0 unspecified atom stereocenters. The van der Waals surface area contributed by atoms with Crippen molar-refractivity contribution >= 4 is 28.9 Å². The summed E-state index contributed by atoms with van der Waals surface area (Å²) in [5.41, 5.74) is 8.46. The average Bonchev–Trinajstić information content (AvgIpc) is 3.04. The molecule has 39 heavy (non-hydrogen) atoms. The van der Waals surface area contributed by atoms with Gasteiger partial charge in [-0.2, -0.15) is 0 Å². The Morgan fingerprint density at radius 1 is 0.872 bits per heavy atom. The summed E-state index contributed by atoms with van der Waals surface area (Å²) in [5, 5.41) is 3.50. The van der Waals surface area contributed by atoms with E-state index >= 15 is 0 Å². The number of rotatable bonds is 5. The molecule has 5 nitrogen and oxygen atoms in total. The average molecular weight is 517 g/mol. The lowest BCUT2D eigenvalue weighted by Crippen LogP contribution is -2.40. The van der Waals surface area contributed by atoms with Gasteiger partial charge in [0.15, 0.2) is 0 Å². The molecule has 3 aromatic carbocycles. The van der Waals surface area contributed by atoms with E-state index in [1.807, 2.05) is 42.3 Å². The Kier molecular flexibility index (Phi) is 6.82. The van der Waals surface area contributed by atoms with Crippen LogP contribution in [0.5, 0.6) is 0 Å². The van der Waals surface area contributed by atoms with Crippen LogP contribution in [0.1, 0.15) is 55.2 Å². The summed E-state index contributed by atoms with van der Waals surface area (Å²) in [6, 6.07) is 27.2. The molecule has 4 aromatic rings. The molecule has 198 valence electrons. The van der Waals surface area contributed by atoms with Gasteiger partial charge < -0.3 is 5.32 Å². The van der Waals surface area contributed by atoms with Crippen LogP contribution >= 0.6 is 0 Å².